The molecule has 2 aromatic rings. The third-order valence-electron chi connectivity index (χ3n) is 5.45. The lowest BCUT2D eigenvalue weighted by molar-refractivity contribution is 0.0983. The molecule has 0 bridgehead atoms. The molecule has 1 atom stereocenters. The summed E-state index contributed by atoms with van der Waals surface area (Å²) in [6, 6.07) is 6.60. The number of nitrogens with one attached hydrogen (secondary N) is 2. The molecule has 0 spiro atoms. The highest BCUT2D eigenvalue weighted by Gasteiger charge is 2.32. The van der Waals surface area contributed by atoms with E-state index in [0.717, 1.165) is 16.9 Å². The number of alkyl halides is 1. The highest BCUT2D eigenvalue weighted by atomic mass is 19.1. The van der Waals surface area contributed by atoms with E-state index >= 15 is 0 Å². The Morgan fingerprint density at radius 2 is 2.03 bits per heavy atom. The minimum atomic E-state index is -0.994. The lowest BCUT2D eigenvalue weighted by atomic mass is 10.1. The van der Waals surface area contributed by atoms with E-state index in [-0.39, 0.29) is 25.7 Å². The van der Waals surface area contributed by atoms with Crippen molar-refractivity contribution in [2.24, 2.45) is 0 Å². The van der Waals surface area contributed by atoms with Gasteiger partial charge in [-0.15, -0.1) is 0 Å². The van der Waals surface area contributed by atoms with Gasteiger partial charge in [-0.2, -0.15) is 0 Å². The molecule has 10 nitrogen and oxygen atoms in total. The first-order chi connectivity index (χ1) is 15.5. The number of benzene rings is 1. The fourth-order valence-electron chi connectivity index (χ4n) is 3.82. The van der Waals surface area contributed by atoms with Crippen LogP contribution in [0.15, 0.2) is 24.3 Å². The molecule has 170 valence electrons. The van der Waals surface area contributed by atoms with Gasteiger partial charge in [0.05, 0.1) is 38.0 Å². The van der Waals surface area contributed by atoms with E-state index in [1.165, 1.54) is 4.90 Å². The van der Waals surface area contributed by atoms with E-state index in [1.807, 2.05) is 6.92 Å². The number of hydrogen-bond acceptors (Lipinski definition) is 6. The van der Waals surface area contributed by atoms with Gasteiger partial charge >= 0.3 is 12.1 Å². The molecule has 1 fully saturated rings. The molecule has 0 saturated carbocycles. The molecular weight excluding hydrogens is 419 g/mol. The Kier molecular flexibility index (Phi) is 6.35. The number of aromatic nitrogens is 2. The van der Waals surface area contributed by atoms with Crippen LogP contribution in [0, 0.1) is 0 Å². The van der Waals surface area contributed by atoms with Gasteiger partial charge in [0.25, 0.3) is 0 Å². The minimum absolute atomic E-state index is 0.0526. The molecule has 2 aliphatic heterocycles. The molecule has 0 aliphatic carbocycles. The largest absolute Gasteiger partial charge is 0.465 e. The number of anilines is 2. The van der Waals surface area contributed by atoms with Crippen molar-refractivity contribution in [1.29, 1.82) is 0 Å². The first-order valence-corrected chi connectivity index (χ1v) is 10.4. The average Bonchev–Trinajstić information content (AvgIpc) is 3.23. The molecule has 3 heterocycles. The van der Waals surface area contributed by atoms with Crippen molar-refractivity contribution in [3.63, 3.8) is 0 Å². The van der Waals surface area contributed by atoms with Crippen molar-refractivity contribution in [3.8, 4) is 11.4 Å². The predicted octanol–water partition coefficient (Wildman–Crippen LogP) is 2.45. The average molecular weight is 444 g/mol. The van der Waals surface area contributed by atoms with Gasteiger partial charge < -0.3 is 25.4 Å². The maximum absolute atomic E-state index is 12.2. The Hall–Kier alpha value is -3.47. The summed E-state index contributed by atoms with van der Waals surface area (Å²) in [5, 5.41) is 14.5. The fraction of sp³-hybridized carbons (Fsp3) is 0.429. The lowest BCUT2D eigenvalue weighted by Gasteiger charge is -2.35. The van der Waals surface area contributed by atoms with E-state index < -0.39 is 18.8 Å². The molecule has 3 amide bonds. The van der Waals surface area contributed by atoms with Crippen LogP contribution in [-0.4, -0.2) is 71.1 Å². The van der Waals surface area contributed by atoms with Gasteiger partial charge in [0.2, 0.25) is 0 Å². The molecule has 4 rings (SSSR count). The number of carbonyl (C=O) groups excluding carboxylic acids is 1. The van der Waals surface area contributed by atoms with Crippen molar-refractivity contribution in [2.75, 3.05) is 43.2 Å². The molecular formula is C21H25FN6O4. The fourth-order valence-corrected chi connectivity index (χ4v) is 3.82. The number of nitrogens with zero attached hydrogens (tertiary/aromatic N) is 4. The van der Waals surface area contributed by atoms with Gasteiger partial charge in [-0.3, -0.25) is 4.90 Å². The SMILES string of the molecule is CC1COCCN1c1nc(-c2ccc(NC(=O)NCCF)cc2)nc2c1CN(C(=O)O)C2. The number of hydrogen-bond donors (Lipinski definition) is 3. The first-order valence-electron chi connectivity index (χ1n) is 10.4. The predicted molar refractivity (Wildman–Crippen MR) is 115 cm³/mol. The van der Waals surface area contributed by atoms with Crippen LogP contribution in [-0.2, 0) is 17.8 Å². The summed E-state index contributed by atoms with van der Waals surface area (Å²) in [7, 11) is 0. The number of halogens is 1. The van der Waals surface area contributed by atoms with Crippen molar-refractivity contribution in [2.45, 2.75) is 26.1 Å². The number of fused-ring (bicyclic) bond motifs is 1. The van der Waals surface area contributed by atoms with Crippen LogP contribution in [0.2, 0.25) is 0 Å². The molecule has 1 aromatic heterocycles. The van der Waals surface area contributed by atoms with Gasteiger partial charge in [-0.05, 0) is 31.2 Å². The molecule has 11 heteroatoms. The molecule has 2 aliphatic rings. The standard InChI is InChI=1S/C21H25FN6O4/c1-13-12-32-9-8-28(13)19-16-10-27(21(30)31)11-17(16)25-18(26-19)14-2-4-15(5-3-14)24-20(29)23-7-6-22/h2-5,13H,6-12H2,1H3,(H,30,31)(H2,23,24,29). The van der Waals surface area contributed by atoms with Crippen molar-refractivity contribution in [3.05, 3.63) is 35.5 Å². The maximum Gasteiger partial charge on any atom is 0.407 e. The number of rotatable bonds is 5. The summed E-state index contributed by atoms with van der Waals surface area (Å²) in [4.78, 5) is 36.2. The Balaban J connectivity index is 1.63. The summed E-state index contributed by atoms with van der Waals surface area (Å²) in [6.07, 6.45) is -0.994. The van der Waals surface area contributed by atoms with Crippen LogP contribution in [0.25, 0.3) is 11.4 Å². The maximum atomic E-state index is 12.2. The van der Waals surface area contributed by atoms with E-state index in [2.05, 4.69) is 20.5 Å². The number of carbonyl (C=O) groups is 2. The highest BCUT2D eigenvalue weighted by Crippen LogP contribution is 2.33. The number of morpholine rings is 1. The Morgan fingerprint density at radius 1 is 1.25 bits per heavy atom. The Labute approximate surface area is 184 Å². The van der Waals surface area contributed by atoms with Crippen LogP contribution in [0.1, 0.15) is 18.2 Å². The van der Waals surface area contributed by atoms with Crippen LogP contribution in [0.3, 0.4) is 0 Å². The molecule has 1 unspecified atom stereocenters. The van der Waals surface area contributed by atoms with Crippen LogP contribution >= 0.6 is 0 Å². The molecule has 0 radical (unpaired) electrons. The van der Waals surface area contributed by atoms with Gasteiger partial charge in [0, 0.05) is 29.9 Å². The summed E-state index contributed by atoms with van der Waals surface area (Å²) in [5.74, 6) is 1.22. The first kappa shape index (κ1) is 21.8. The normalized spacial score (nSPS) is 17.8. The summed E-state index contributed by atoms with van der Waals surface area (Å²) in [5.41, 5.74) is 2.80. The van der Waals surface area contributed by atoms with E-state index in [9.17, 15) is 19.1 Å². The van der Waals surface area contributed by atoms with Gasteiger partial charge in [0.1, 0.15) is 12.5 Å². The minimum Gasteiger partial charge on any atom is -0.465 e. The highest BCUT2D eigenvalue weighted by molar-refractivity contribution is 5.89. The number of carboxylic acid groups (broad SMARTS) is 1. The van der Waals surface area contributed by atoms with Crippen LogP contribution in [0.5, 0.6) is 0 Å². The Bertz CT molecular complexity index is 1000. The Morgan fingerprint density at radius 3 is 2.72 bits per heavy atom. The van der Waals surface area contributed by atoms with Gasteiger partial charge in [0.15, 0.2) is 5.82 Å². The zero-order valence-corrected chi connectivity index (χ0v) is 17.7. The van der Waals surface area contributed by atoms with E-state index in [4.69, 9.17) is 9.72 Å². The third kappa shape index (κ3) is 4.57. The van der Waals surface area contributed by atoms with Gasteiger partial charge in [-0.1, -0.05) is 0 Å². The molecule has 1 saturated heterocycles. The van der Waals surface area contributed by atoms with E-state index in [0.29, 0.717) is 37.0 Å². The summed E-state index contributed by atoms with van der Waals surface area (Å²) >= 11 is 0. The molecule has 32 heavy (non-hydrogen) atoms. The van der Waals surface area contributed by atoms with Crippen molar-refractivity contribution < 1.29 is 23.8 Å². The number of amides is 3. The van der Waals surface area contributed by atoms with Crippen molar-refractivity contribution in [1.82, 2.24) is 20.2 Å². The van der Waals surface area contributed by atoms with E-state index in [1.54, 1.807) is 24.3 Å². The summed E-state index contributed by atoms with van der Waals surface area (Å²) < 4.78 is 17.7. The number of ether oxygens (including phenoxy) is 1. The zero-order valence-electron chi connectivity index (χ0n) is 17.7. The van der Waals surface area contributed by atoms with Gasteiger partial charge in [-0.25, -0.2) is 23.9 Å². The smallest absolute Gasteiger partial charge is 0.407 e. The molecule has 1 aromatic carbocycles. The quantitative estimate of drug-likeness (QED) is 0.648. The second kappa shape index (κ2) is 9.35. The lowest BCUT2D eigenvalue weighted by Crippen LogP contribution is -2.44. The zero-order chi connectivity index (χ0) is 22.7. The second-order valence-corrected chi connectivity index (χ2v) is 7.70. The topological polar surface area (TPSA) is 120 Å². The summed E-state index contributed by atoms with van der Waals surface area (Å²) in [6.45, 7) is 3.63. The number of urea groups is 1. The molecule has 3 N–H and O–H groups in total. The monoisotopic (exact) mass is 444 g/mol. The third-order valence-corrected chi connectivity index (χ3v) is 5.45. The van der Waals surface area contributed by atoms with Crippen LogP contribution in [0.4, 0.5) is 25.5 Å². The second-order valence-electron chi connectivity index (χ2n) is 7.70. The van der Waals surface area contributed by atoms with Crippen LogP contribution < -0.4 is 15.5 Å². The van der Waals surface area contributed by atoms with Crippen molar-refractivity contribution >= 4 is 23.6 Å².